The van der Waals surface area contributed by atoms with Crippen molar-refractivity contribution in [3.63, 3.8) is 0 Å². The number of aliphatic hydroxyl groups excluding tert-OH is 1. The third-order valence-electron chi connectivity index (χ3n) is 2.25. The van der Waals surface area contributed by atoms with Gasteiger partial charge in [0.25, 0.3) is 0 Å². The van der Waals surface area contributed by atoms with Gasteiger partial charge in [-0.2, -0.15) is 0 Å². The maximum absolute atomic E-state index is 9.55. The topological polar surface area (TPSA) is 113 Å². The summed E-state index contributed by atoms with van der Waals surface area (Å²) >= 11 is 0. The molecule has 20 heavy (non-hydrogen) atoms. The first-order valence-electron chi connectivity index (χ1n) is 5.65. The molecule has 0 saturated heterocycles. The van der Waals surface area contributed by atoms with E-state index < -0.39 is 18.2 Å². The summed E-state index contributed by atoms with van der Waals surface area (Å²) in [5.41, 5.74) is 1.88. The van der Waals surface area contributed by atoms with Gasteiger partial charge < -0.3 is 19.9 Å². The number of imidazole rings is 1. The molecule has 7 nitrogen and oxygen atoms in total. The lowest BCUT2D eigenvalue weighted by atomic mass is 10.3. The van der Waals surface area contributed by atoms with Gasteiger partial charge >= 0.3 is 11.9 Å². The molecule has 1 atom stereocenters. The minimum absolute atomic E-state index is 0.516. The lowest BCUT2D eigenvalue weighted by molar-refractivity contribution is -0.134. The summed E-state index contributed by atoms with van der Waals surface area (Å²) in [5.74, 6) is -2.51. The van der Waals surface area contributed by atoms with Crippen LogP contribution in [0.15, 0.2) is 42.7 Å². The summed E-state index contributed by atoms with van der Waals surface area (Å²) in [5, 5.41) is 25.0. The summed E-state index contributed by atoms with van der Waals surface area (Å²) in [4.78, 5) is 23.3. The second-order valence-corrected chi connectivity index (χ2v) is 3.78. The van der Waals surface area contributed by atoms with Crippen molar-refractivity contribution in [3.05, 3.63) is 42.7 Å². The molecule has 0 radical (unpaired) electrons. The van der Waals surface area contributed by atoms with Crippen molar-refractivity contribution >= 4 is 23.0 Å². The molecule has 106 valence electrons. The number of para-hydroxylation sites is 2. The van der Waals surface area contributed by atoms with Crippen molar-refractivity contribution < 1.29 is 24.9 Å². The van der Waals surface area contributed by atoms with Crippen molar-refractivity contribution in [2.24, 2.45) is 0 Å². The molecule has 0 aliphatic rings. The fourth-order valence-corrected chi connectivity index (χ4v) is 1.42. The SMILES string of the molecule is CC(O)n1cnc2ccccc21.O=C(O)/C=C/C(=O)O. The van der Waals surface area contributed by atoms with Crippen molar-refractivity contribution in [1.82, 2.24) is 9.55 Å². The second-order valence-electron chi connectivity index (χ2n) is 3.78. The number of hydrogen-bond acceptors (Lipinski definition) is 4. The van der Waals surface area contributed by atoms with Gasteiger partial charge in [-0.3, -0.25) is 0 Å². The van der Waals surface area contributed by atoms with Gasteiger partial charge in [0, 0.05) is 12.2 Å². The quantitative estimate of drug-likeness (QED) is 0.728. The summed E-state index contributed by atoms with van der Waals surface area (Å²) in [7, 11) is 0. The number of aliphatic hydroxyl groups is 1. The van der Waals surface area contributed by atoms with Crippen LogP contribution < -0.4 is 0 Å². The van der Waals surface area contributed by atoms with Gasteiger partial charge in [-0.15, -0.1) is 0 Å². The van der Waals surface area contributed by atoms with Crippen LogP contribution in [-0.4, -0.2) is 36.8 Å². The maximum Gasteiger partial charge on any atom is 0.328 e. The van der Waals surface area contributed by atoms with Crippen molar-refractivity contribution in [3.8, 4) is 0 Å². The van der Waals surface area contributed by atoms with Gasteiger partial charge in [-0.05, 0) is 19.1 Å². The van der Waals surface area contributed by atoms with Gasteiger partial charge in [0.15, 0.2) is 0 Å². The van der Waals surface area contributed by atoms with Gasteiger partial charge in [-0.1, -0.05) is 12.1 Å². The average molecular weight is 278 g/mol. The smallest absolute Gasteiger partial charge is 0.328 e. The predicted molar refractivity (Wildman–Crippen MR) is 71.1 cm³/mol. The Balaban J connectivity index is 0.000000221. The Bertz CT molecular complexity index is 614. The van der Waals surface area contributed by atoms with E-state index >= 15 is 0 Å². The highest BCUT2D eigenvalue weighted by molar-refractivity contribution is 5.89. The molecule has 0 amide bonds. The number of aromatic nitrogens is 2. The number of aliphatic carboxylic acids is 2. The largest absolute Gasteiger partial charge is 0.478 e. The molecule has 0 saturated carbocycles. The Labute approximate surface area is 114 Å². The van der Waals surface area contributed by atoms with Crippen LogP contribution in [0.2, 0.25) is 0 Å². The zero-order valence-electron chi connectivity index (χ0n) is 10.7. The first-order valence-corrected chi connectivity index (χ1v) is 5.65. The number of carboxylic acid groups (broad SMARTS) is 2. The van der Waals surface area contributed by atoms with Crippen LogP contribution in [0.3, 0.4) is 0 Å². The molecule has 1 aromatic heterocycles. The number of carboxylic acids is 2. The second kappa shape index (κ2) is 7.05. The normalized spacial score (nSPS) is 11.9. The van der Waals surface area contributed by atoms with Crippen LogP contribution in [-0.2, 0) is 9.59 Å². The van der Waals surface area contributed by atoms with Crippen LogP contribution in [0.4, 0.5) is 0 Å². The zero-order valence-corrected chi connectivity index (χ0v) is 10.7. The van der Waals surface area contributed by atoms with E-state index in [1.54, 1.807) is 17.8 Å². The summed E-state index contributed by atoms with van der Waals surface area (Å²) in [6.07, 6.45) is 2.25. The summed E-state index contributed by atoms with van der Waals surface area (Å²) in [6, 6.07) is 7.73. The first-order chi connectivity index (χ1) is 9.41. The van der Waals surface area contributed by atoms with E-state index in [9.17, 15) is 14.7 Å². The molecule has 1 aromatic carbocycles. The average Bonchev–Trinajstić information content (AvgIpc) is 2.81. The Morgan fingerprint density at radius 2 is 1.75 bits per heavy atom. The molecule has 0 aliphatic heterocycles. The Kier molecular flexibility index (Phi) is 5.42. The van der Waals surface area contributed by atoms with Crippen molar-refractivity contribution in [1.29, 1.82) is 0 Å². The molecular weight excluding hydrogens is 264 g/mol. The zero-order chi connectivity index (χ0) is 15.1. The van der Waals surface area contributed by atoms with E-state index in [0.29, 0.717) is 12.2 Å². The third kappa shape index (κ3) is 4.54. The summed E-state index contributed by atoms with van der Waals surface area (Å²) in [6.45, 7) is 1.72. The highest BCUT2D eigenvalue weighted by atomic mass is 16.4. The molecule has 7 heteroatoms. The highest BCUT2D eigenvalue weighted by Crippen LogP contribution is 2.14. The minimum Gasteiger partial charge on any atom is -0.478 e. The van der Waals surface area contributed by atoms with Crippen LogP contribution in [0.5, 0.6) is 0 Å². The number of hydrogen-bond donors (Lipinski definition) is 3. The number of rotatable bonds is 3. The Morgan fingerprint density at radius 3 is 2.25 bits per heavy atom. The highest BCUT2D eigenvalue weighted by Gasteiger charge is 2.03. The van der Waals surface area contributed by atoms with Crippen LogP contribution in [0, 0.1) is 0 Å². The van der Waals surface area contributed by atoms with E-state index in [4.69, 9.17) is 10.2 Å². The fraction of sp³-hybridized carbons (Fsp3) is 0.154. The van der Waals surface area contributed by atoms with Crippen LogP contribution >= 0.6 is 0 Å². The van der Waals surface area contributed by atoms with Gasteiger partial charge in [0.05, 0.1) is 17.4 Å². The Hall–Kier alpha value is -2.67. The molecular formula is C13H14N2O5. The van der Waals surface area contributed by atoms with Crippen molar-refractivity contribution in [2.75, 3.05) is 0 Å². The van der Waals surface area contributed by atoms with Crippen LogP contribution in [0.25, 0.3) is 11.0 Å². The van der Waals surface area contributed by atoms with Gasteiger partial charge in [0.1, 0.15) is 6.23 Å². The molecule has 1 heterocycles. The standard InChI is InChI=1S/C9H10N2O.C4H4O4/c1-7(12)11-6-10-8-4-2-3-5-9(8)11;5-3(6)1-2-4(7)8/h2-7,12H,1H3;1-2H,(H,5,6)(H,7,8)/b;2-1+. The van der Waals surface area contributed by atoms with E-state index in [-0.39, 0.29) is 0 Å². The Morgan fingerprint density at radius 1 is 1.20 bits per heavy atom. The molecule has 2 rings (SSSR count). The minimum atomic E-state index is -1.26. The van der Waals surface area contributed by atoms with E-state index in [1.807, 2.05) is 24.3 Å². The molecule has 0 aliphatic carbocycles. The third-order valence-corrected chi connectivity index (χ3v) is 2.25. The van der Waals surface area contributed by atoms with E-state index in [1.165, 1.54) is 0 Å². The lowest BCUT2D eigenvalue weighted by Gasteiger charge is -2.05. The first kappa shape index (κ1) is 15.4. The summed E-state index contributed by atoms with van der Waals surface area (Å²) < 4.78 is 1.73. The molecule has 2 aromatic rings. The molecule has 3 N–H and O–H groups in total. The predicted octanol–water partition coefficient (Wildman–Crippen LogP) is 1.26. The maximum atomic E-state index is 9.55. The lowest BCUT2D eigenvalue weighted by Crippen LogP contribution is -2.00. The van der Waals surface area contributed by atoms with E-state index in [0.717, 1.165) is 11.0 Å². The molecule has 0 fully saturated rings. The van der Waals surface area contributed by atoms with E-state index in [2.05, 4.69) is 4.98 Å². The number of carbonyl (C=O) groups is 2. The van der Waals surface area contributed by atoms with Gasteiger partial charge in [-0.25, -0.2) is 14.6 Å². The fourth-order valence-electron chi connectivity index (χ4n) is 1.42. The molecule has 0 bridgehead atoms. The number of fused-ring (bicyclic) bond motifs is 1. The molecule has 0 spiro atoms. The monoisotopic (exact) mass is 278 g/mol. The van der Waals surface area contributed by atoms with Gasteiger partial charge in [0.2, 0.25) is 0 Å². The number of nitrogens with zero attached hydrogens (tertiary/aromatic N) is 2. The van der Waals surface area contributed by atoms with Crippen molar-refractivity contribution in [2.45, 2.75) is 13.2 Å². The molecule has 1 unspecified atom stereocenters. The number of benzene rings is 1. The van der Waals surface area contributed by atoms with Crippen LogP contribution in [0.1, 0.15) is 13.2 Å².